The van der Waals surface area contributed by atoms with Crippen LogP contribution in [0.4, 0.5) is 0 Å². The minimum absolute atomic E-state index is 0.0000926. The van der Waals surface area contributed by atoms with E-state index in [1.807, 2.05) is 0 Å². The van der Waals surface area contributed by atoms with Crippen LogP contribution in [0.25, 0.3) is 0 Å². The molecule has 0 aliphatic carbocycles. The molecule has 0 radical (unpaired) electrons. The highest BCUT2D eigenvalue weighted by Crippen LogP contribution is 2.29. The molecule has 2 atom stereocenters. The van der Waals surface area contributed by atoms with Crippen LogP contribution in [0.3, 0.4) is 0 Å². The number of nitrogens with one attached hydrogen (secondary N) is 1. The van der Waals surface area contributed by atoms with Gasteiger partial charge in [-0.15, -0.1) is 0 Å². The fraction of sp³-hybridized carbons (Fsp3) is 0.545. The predicted octanol–water partition coefficient (Wildman–Crippen LogP) is 0.168. The molecule has 17 heavy (non-hydrogen) atoms. The number of hydrogen-bond acceptors (Lipinski definition) is 4. The highest BCUT2D eigenvalue weighted by Gasteiger charge is 2.41. The second kappa shape index (κ2) is 3.87. The average molecular weight is 235 g/mol. The number of carbonyl (C=O) groups excluding carboxylic acids is 2. The number of nitrogens with zero attached hydrogens (tertiary/aromatic N) is 2. The van der Waals surface area contributed by atoms with Gasteiger partial charge in [0.2, 0.25) is 11.7 Å². The Morgan fingerprint density at radius 1 is 1.47 bits per heavy atom. The quantitative estimate of drug-likeness (QED) is 0.752. The van der Waals surface area contributed by atoms with Gasteiger partial charge in [-0.2, -0.15) is 0 Å². The van der Waals surface area contributed by atoms with Crippen LogP contribution < -0.4 is 5.32 Å². The molecule has 6 heteroatoms. The first-order valence-corrected chi connectivity index (χ1v) is 5.76. The fourth-order valence-electron chi connectivity index (χ4n) is 2.66. The van der Waals surface area contributed by atoms with Crippen LogP contribution in [0.15, 0.2) is 16.8 Å². The van der Waals surface area contributed by atoms with Crippen molar-refractivity contribution in [2.24, 2.45) is 0 Å². The third-order valence-electron chi connectivity index (χ3n) is 3.46. The van der Waals surface area contributed by atoms with E-state index in [1.165, 1.54) is 6.20 Å². The van der Waals surface area contributed by atoms with Crippen LogP contribution in [0.5, 0.6) is 0 Å². The molecular formula is C11H13N3O3. The summed E-state index contributed by atoms with van der Waals surface area (Å²) in [5, 5.41) is 6.37. The van der Waals surface area contributed by atoms with Crippen molar-refractivity contribution in [3.05, 3.63) is 18.0 Å². The van der Waals surface area contributed by atoms with Crippen LogP contribution in [-0.4, -0.2) is 40.5 Å². The van der Waals surface area contributed by atoms with Gasteiger partial charge in [0, 0.05) is 31.1 Å². The van der Waals surface area contributed by atoms with Crippen molar-refractivity contribution in [1.82, 2.24) is 15.4 Å². The normalized spacial score (nSPS) is 27.8. The Kier molecular flexibility index (Phi) is 2.35. The maximum absolute atomic E-state index is 12.2. The molecule has 3 heterocycles. The standard InChI is InChI=1S/C11H13N3O3/c15-10-5-7-1-2-8(6-12-10)14(7)11(16)9-3-4-13-17-9/h3-4,7-8H,1-2,5-6H2,(H,12,15)/t7-,8+/m0/s1. The summed E-state index contributed by atoms with van der Waals surface area (Å²) in [5.74, 6) is 0.107. The molecule has 2 amide bonds. The number of hydrogen-bond donors (Lipinski definition) is 1. The van der Waals surface area contributed by atoms with Crippen molar-refractivity contribution in [3.8, 4) is 0 Å². The highest BCUT2D eigenvalue weighted by molar-refractivity contribution is 5.92. The van der Waals surface area contributed by atoms with Gasteiger partial charge in [0.15, 0.2) is 0 Å². The van der Waals surface area contributed by atoms with E-state index in [0.717, 1.165) is 12.8 Å². The largest absolute Gasteiger partial charge is 0.354 e. The van der Waals surface area contributed by atoms with E-state index >= 15 is 0 Å². The zero-order chi connectivity index (χ0) is 11.8. The molecule has 3 rings (SSSR count). The third-order valence-corrected chi connectivity index (χ3v) is 3.46. The summed E-state index contributed by atoms with van der Waals surface area (Å²) in [5.41, 5.74) is 0. The summed E-state index contributed by atoms with van der Waals surface area (Å²) in [6, 6.07) is 1.64. The molecule has 2 aliphatic rings. The van der Waals surface area contributed by atoms with Gasteiger partial charge in [-0.05, 0) is 12.8 Å². The lowest BCUT2D eigenvalue weighted by molar-refractivity contribution is -0.121. The minimum atomic E-state index is -0.161. The van der Waals surface area contributed by atoms with Crippen molar-refractivity contribution < 1.29 is 14.1 Å². The van der Waals surface area contributed by atoms with Crippen LogP contribution in [0, 0.1) is 0 Å². The Morgan fingerprint density at radius 2 is 2.29 bits per heavy atom. The number of aromatic nitrogens is 1. The number of rotatable bonds is 1. The molecular weight excluding hydrogens is 222 g/mol. The van der Waals surface area contributed by atoms with Crippen molar-refractivity contribution in [2.45, 2.75) is 31.3 Å². The monoisotopic (exact) mass is 235 g/mol. The van der Waals surface area contributed by atoms with Crippen molar-refractivity contribution in [1.29, 1.82) is 0 Å². The molecule has 2 saturated heterocycles. The van der Waals surface area contributed by atoms with Crippen LogP contribution in [0.1, 0.15) is 29.8 Å². The maximum atomic E-state index is 12.2. The Labute approximate surface area is 97.9 Å². The number of fused-ring (bicyclic) bond motifs is 2. The van der Waals surface area contributed by atoms with Gasteiger partial charge in [-0.1, -0.05) is 5.16 Å². The Hall–Kier alpha value is -1.85. The van der Waals surface area contributed by atoms with E-state index in [1.54, 1.807) is 11.0 Å². The second-order valence-electron chi connectivity index (χ2n) is 4.48. The van der Waals surface area contributed by atoms with Crippen molar-refractivity contribution in [2.75, 3.05) is 6.54 Å². The van der Waals surface area contributed by atoms with Gasteiger partial charge in [0.1, 0.15) is 0 Å². The van der Waals surface area contributed by atoms with E-state index in [4.69, 9.17) is 4.52 Å². The Morgan fingerprint density at radius 3 is 3.06 bits per heavy atom. The molecule has 2 aliphatic heterocycles. The molecule has 0 spiro atoms. The average Bonchev–Trinajstić information content (AvgIpc) is 2.90. The summed E-state index contributed by atoms with van der Waals surface area (Å²) in [4.78, 5) is 25.5. The number of carbonyl (C=O) groups is 2. The van der Waals surface area contributed by atoms with Gasteiger partial charge >= 0.3 is 0 Å². The molecule has 2 fully saturated rings. The molecule has 0 saturated carbocycles. The second-order valence-corrected chi connectivity index (χ2v) is 4.48. The van der Waals surface area contributed by atoms with Crippen LogP contribution in [0.2, 0.25) is 0 Å². The Balaban J connectivity index is 1.87. The lowest BCUT2D eigenvalue weighted by Crippen LogP contribution is -2.42. The highest BCUT2D eigenvalue weighted by atomic mass is 16.5. The molecule has 1 N–H and O–H groups in total. The summed E-state index contributed by atoms with van der Waals surface area (Å²) >= 11 is 0. The van der Waals surface area contributed by atoms with Gasteiger partial charge in [-0.25, -0.2) is 0 Å². The van der Waals surface area contributed by atoms with Crippen molar-refractivity contribution >= 4 is 11.8 Å². The summed E-state index contributed by atoms with van der Waals surface area (Å²) in [7, 11) is 0. The van der Waals surface area contributed by atoms with E-state index < -0.39 is 0 Å². The van der Waals surface area contributed by atoms with Crippen LogP contribution >= 0.6 is 0 Å². The maximum Gasteiger partial charge on any atom is 0.293 e. The van der Waals surface area contributed by atoms with E-state index in [0.29, 0.717) is 13.0 Å². The van der Waals surface area contributed by atoms with Gasteiger partial charge < -0.3 is 14.7 Å². The first-order chi connectivity index (χ1) is 8.25. The SMILES string of the molecule is O=C1C[C@@H]2CC[C@H](CN1)N2C(=O)c1ccno1. The van der Waals surface area contributed by atoms with E-state index in [9.17, 15) is 9.59 Å². The van der Waals surface area contributed by atoms with E-state index in [-0.39, 0.29) is 29.7 Å². The van der Waals surface area contributed by atoms with Gasteiger partial charge in [0.05, 0.1) is 6.20 Å². The number of amides is 2. The molecule has 0 aromatic carbocycles. The van der Waals surface area contributed by atoms with Crippen molar-refractivity contribution in [3.63, 3.8) is 0 Å². The lowest BCUT2D eigenvalue weighted by atomic mass is 10.1. The first-order valence-electron chi connectivity index (χ1n) is 5.76. The zero-order valence-corrected chi connectivity index (χ0v) is 9.26. The molecule has 90 valence electrons. The molecule has 0 unspecified atom stereocenters. The van der Waals surface area contributed by atoms with Gasteiger partial charge in [0.25, 0.3) is 5.91 Å². The zero-order valence-electron chi connectivity index (χ0n) is 9.26. The fourth-order valence-corrected chi connectivity index (χ4v) is 2.66. The summed E-state index contributed by atoms with van der Waals surface area (Å²) in [6.45, 7) is 0.537. The summed E-state index contributed by atoms with van der Waals surface area (Å²) in [6.07, 6.45) is 3.66. The molecule has 2 bridgehead atoms. The Bertz CT molecular complexity index is 443. The first kappa shape index (κ1) is 10.3. The third kappa shape index (κ3) is 1.69. The lowest BCUT2D eigenvalue weighted by Gasteiger charge is -2.25. The smallest absolute Gasteiger partial charge is 0.293 e. The molecule has 6 nitrogen and oxygen atoms in total. The molecule has 1 aromatic rings. The molecule has 1 aromatic heterocycles. The van der Waals surface area contributed by atoms with Crippen LogP contribution in [-0.2, 0) is 4.79 Å². The van der Waals surface area contributed by atoms with Gasteiger partial charge in [-0.3, -0.25) is 9.59 Å². The summed E-state index contributed by atoms with van der Waals surface area (Å²) < 4.78 is 4.89. The topological polar surface area (TPSA) is 75.4 Å². The predicted molar refractivity (Wildman–Crippen MR) is 57.1 cm³/mol. The minimum Gasteiger partial charge on any atom is -0.354 e. The van der Waals surface area contributed by atoms with E-state index in [2.05, 4.69) is 10.5 Å².